The van der Waals surface area contributed by atoms with Crippen LogP contribution in [0.2, 0.25) is 0 Å². The molecule has 132 valence electrons. The van der Waals surface area contributed by atoms with E-state index in [9.17, 15) is 4.79 Å². The van der Waals surface area contributed by atoms with Crippen LogP contribution < -0.4 is 5.73 Å². The van der Waals surface area contributed by atoms with E-state index in [0.29, 0.717) is 5.56 Å². The van der Waals surface area contributed by atoms with Crippen molar-refractivity contribution in [2.45, 2.75) is 53.0 Å². The Labute approximate surface area is 147 Å². The standard InChI is InChI=1S/C18H27N3O2S/c1-4-6-8-14-16(18-20-9-12-24-18)15(17(19)22)13(3)21(14)10-7-11-23-5-2/h9,12H,4-8,10-11H2,1-3H3,(H2,19,22). The first-order valence-electron chi connectivity index (χ1n) is 8.61. The number of nitrogens with two attached hydrogens (primary N) is 1. The molecule has 1 amide bonds. The zero-order valence-electron chi connectivity index (χ0n) is 14.8. The topological polar surface area (TPSA) is 70.1 Å². The molecule has 0 aliphatic heterocycles. The Kier molecular flexibility index (Phi) is 6.99. The molecule has 0 saturated heterocycles. The minimum absolute atomic E-state index is 0.376. The molecule has 0 bridgehead atoms. The molecule has 0 aliphatic carbocycles. The quantitative estimate of drug-likeness (QED) is 0.663. The number of nitrogens with zero attached hydrogens (tertiary/aromatic N) is 2. The summed E-state index contributed by atoms with van der Waals surface area (Å²) >= 11 is 1.55. The molecule has 0 radical (unpaired) electrons. The molecule has 2 aromatic rings. The van der Waals surface area contributed by atoms with Gasteiger partial charge >= 0.3 is 0 Å². The molecule has 2 heterocycles. The molecule has 2 aromatic heterocycles. The van der Waals surface area contributed by atoms with Gasteiger partial charge in [0.2, 0.25) is 0 Å². The highest BCUT2D eigenvalue weighted by atomic mass is 32.1. The number of carbonyl (C=O) groups excluding carboxylic acids is 1. The molecule has 0 aliphatic rings. The molecule has 0 aromatic carbocycles. The molecule has 2 N–H and O–H groups in total. The van der Waals surface area contributed by atoms with Gasteiger partial charge in [-0.25, -0.2) is 4.98 Å². The summed E-state index contributed by atoms with van der Waals surface area (Å²) in [6.07, 6.45) is 5.79. The fourth-order valence-corrected chi connectivity index (χ4v) is 3.76. The Morgan fingerprint density at radius 1 is 1.38 bits per heavy atom. The predicted octanol–water partition coefficient (Wildman–Crippen LogP) is 3.79. The van der Waals surface area contributed by atoms with Gasteiger partial charge in [0.05, 0.1) is 5.56 Å². The van der Waals surface area contributed by atoms with Gasteiger partial charge in [0, 0.05) is 48.3 Å². The molecule has 0 unspecified atom stereocenters. The fourth-order valence-electron chi connectivity index (χ4n) is 3.05. The lowest BCUT2D eigenvalue weighted by molar-refractivity contribution is 0.1000. The number of carbonyl (C=O) groups is 1. The van der Waals surface area contributed by atoms with Gasteiger partial charge in [0.25, 0.3) is 5.91 Å². The summed E-state index contributed by atoms with van der Waals surface area (Å²) in [6, 6.07) is 0. The first-order valence-corrected chi connectivity index (χ1v) is 9.49. The van der Waals surface area contributed by atoms with E-state index in [0.717, 1.165) is 61.7 Å². The molecular formula is C18H27N3O2S. The largest absolute Gasteiger partial charge is 0.382 e. The monoisotopic (exact) mass is 349 g/mol. The Hall–Kier alpha value is -1.66. The Balaban J connectivity index is 2.47. The van der Waals surface area contributed by atoms with Gasteiger partial charge < -0.3 is 15.0 Å². The Bertz CT molecular complexity index is 662. The average molecular weight is 350 g/mol. The van der Waals surface area contributed by atoms with Gasteiger partial charge in [-0.2, -0.15) is 0 Å². The molecule has 2 rings (SSSR count). The second-order valence-corrected chi connectivity index (χ2v) is 6.68. The number of unbranched alkanes of at least 4 members (excludes halogenated alkanes) is 1. The lowest BCUT2D eigenvalue weighted by atomic mass is 10.1. The highest BCUT2D eigenvalue weighted by Gasteiger charge is 2.25. The van der Waals surface area contributed by atoms with Crippen molar-refractivity contribution in [2.75, 3.05) is 13.2 Å². The van der Waals surface area contributed by atoms with Crippen LogP contribution in [-0.4, -0.2) is 28.7 Å². The number of hydrogen-bond acceptors (Lipinski definition) is 4. The molecule has 0 saturated carbocycles. The van der Waals surface area contributed by atoms with Gasteiger partial charge in [0.15, 0.2) is 0 Å². The summed E-state index contributed by atoms with van der Waals surface area (Å²) in [5.41, 5.74) is 9.37. The van der Waals surface area contributed by atoms with Crippen LogP contribution in [0.5, 0.6) is 0 Å². The number of amides is 1. The normalized spacial score (nSPS) is 11.1. The highest BCUT2D eigenvalue weighted by Crippen LogP contribution is 2.35. The van der Waals surface area contributed by atoms with Gasteiger partial charge in [-0.05, 0) is 33.1 Å². The summed E-state index contributed by atoms with van der Waals surface area (Å²) in [6.45, 7) is 8.43. The van der Waals surface area contributed by atoms with Gasteiger partial charge in [-0.3, -0.25) is 4.79 Å². The minimum Gasteiger partial charge on any atom is -0.382 e. The van der Waals surface area contributed by atoms with E-state index in [1.54, 1.807) is 17.5 Å². The molecule has 6 heteroatoms. The van der Waals surface area contributed by atoms with Crippen molar-refractivity contribution in [1.29, 1.82) is 0 Å². The predicted molar refractivity (Wildman–Crippen MR) is 98.5 cm³/mol. The summed E-state index contributed by atoms with van der Waals surface area (Å²) in [7, 11) is 0. The maximum absolute atomic E-state index is 12.1. The average Bonchev–Trinajstić information content (AvgIpc) is 3.16. The zero-order chi connectivity index (χ0) is 17.5. The van der Waals surface area contributed by atoms with E-state index in [2.05, 4.69) is 16.5 Å². The van der Waals surface area contributed by atoms with E-state index >= 15 is 0 Å². The van der Waals surface area contributed by atoms with Crippen molar-refractivity contribution in [1.82, 2.24) is 9.55 Å². The van der Waals surface area contributed by atoms with Crippen molar-refractivity contribution in [3.8, 4) is 10.6 Å². The first-order chi connectivity index (χ1) is 11.6. The molecule has 5 nitrogen and oxygen atoms in total. The highest BCUT2D eigenvalue weighted by molar-refractivity contribution is 7.13. The maximum atomic E-state index is 12.1. The second-order valence-electron chi connectivity index (χ2n) is 5.79. The van der Waals surface area contributed by atoms with Crippen LogP contribution in [0.15, 0.2) is 11.6 Å². The maximum Gasteiger partial charge on any atom is 0.251 e. The van der Waals surface area contributed by atoms with Crippen molar-refractivity contribution in [3.05, 3.63) is 28.5 Å². The van der Waals surface area contributed by atoms with Crippen molar-refractivity contribution < 1.29 is 9.53 Å². The summed E-state index contributed by atoms with van der Waals surface area (Å²) in [5, 5.41) is 2.81. The van der Waals surface area contributed by atoms with Gasteiger partial charge in [0.1, 0.15) is 5.01 Å². The third-order valence-electron chi connectivity index (χ3n) is 4.17. The number of rotatable bonds is 10. The smallest absolute Gasteiger partial charge is 0.251 e. The molecule has 0 spiro atoms. The van der Waals surface area contributed by atoms with Gasteiger partial charge in [-0.15, -0.1) is 11.3 Å². The number of aromatic nitrogens is 2. The number of primary amides is 1. The molecule has 0 atom stereocenters. The third kappa shape index (κ3) is 4.05. The van der Waals surface area contributed by atoms with E-state index in [4.69, 9.17) is 10.5 Å². The van der Waals surface area contributed by atoms with Crippen LogP contribution in [0.4, 0.5) is 0 Å². The molecule has 0 fully saturated rings. The Morgan fingerprint density at radius 3 is 2.75 bits per heavy atom. The fraction of sp³-hybridized carbons (Fsp3) is 0.556. The van der Waals surface area contributed by atoms with Crippen molar-refractivity contribution in [2.24, 2.45) is 5.73 Å². The summed E-state index contributed by atoms with van der Waals surface area (Å²) < 4.78 is 7.70. The van der Waals surface area contributed by atoms with Crippen LogP contribution in [-0.2, 0) is 17.7 Å². The van der Waals surface area contributed by atoms with Crippen molar-refractivity contribution >= 4 is 17.2 Å². The van der Waals surface area contributed by atoms with Crippen LogP contribution in [0.3, 0.4) is 0 Å². The van der Waals surface area contributed by atoms with E-state index in [1.165, 1.54) is 5.69 Å². The van der Waals surface area contributed by atoms with Crippen LogP contribution in [0, 0.1) is 6.92 Å². The number of hydrogen-bond donors (Lipinski definition) is 1. The summed E-state index contributed by atoms with van der Waals surface area (Å²) in [4.78, 5) is 16.5. The molecular weight excluding hydrogens is 322 g/mol. The van der Waals surface area contributed by atoms with Crippen molar-refractivity contribution in [3.63, 3.8) is 0 Å². The van der Waals surface area contributed by atoms with Crippen LogP contribution >= 0.6 is 11.3 Å². The van der Waals surface area contributed by atoms with E-state index in [-0.39, 0.29) is 5.91 Å². The number of ether oxygens (including phenoxy) is 1. The second kappa shape index (κ2) is 8.99. The lowest BCUT2D eigenvalue weighted by Gasteiger charge is -2.12. The minimum atomic E-state index is -0.376. The van der Waals surface area contributed by atoms with E-state index < -0.39 is 0 Å². The Morgan fingerprint density at radius 2 is 2.17 bits per heavy atom. The number of thiazole rings is 1. The lowest BCUT2D eigenvalue weighted by Crippen LogP contribution is -2.13. The first kappa shape index (κ1) is 18.7. The van der Waals surface area contributed by atoms with Gasteiger partial charge in [-0.1, -0.05) is 13.3 Å². The zero-order valence-corrected chi connectivity index (χ0v) is 15.6. The van der Waals surface area contributed by atoms with E-state index in [1.807, 2.05) is 19.2 Å². The molecule has 24 heavy (non-hydrogen) atoms. The summed E-state index contributed by atoms with van der Waals surface area (Å²) in [5.74, 6) is -0.376. The van der Waals surface area contributed by atoms with Crippen LogP contribution in [0.1, 0.15) is 54.9 Å². The third-order valence-corrected chi connectivity index (χ3v) is 4.96. The van der Waals surface area contributed by atoms with Crippen LogP contribution in [0.25, 0.3) is 10.6 Å². The SMILES string of the molecule is CCCCc1c(-c2nccs2)c(C(N)=O)c(C)n1CCCOCC.